The van der Waals surface area contributed by atoms with Gasteiger partial charge < -0.3 is 15.9 Å². The Labute approximate surface area is 171 Å². The van der Waals surface area contributed by atoms with E-state index >= 15 is 0 Å². The van der Waals surface area contributed by atoms with Crippen LogP contribution in [0.15, 0.2) is 54.6 Å². The van der Waals surface area contributed by atoms with Gasteiger partial charge in [-0.15, -0.1) is 4.79 Å². The van der Waals surface area contributed by atoms with Crippen LogP contribution in [0.4, 0.5) is 5.95 Å². The van der Waals surface area contributed by atoms with E-state index < -0.39 is 0 Å². The van der Waals surface area contributed by atoms with Crippen molar-refractivity contribution in [3.05, 3.63) is 75.8 Å². The first-order chi connectivity index (χ1) is 13.6. The van der Waals surface area contributed by atoms with Gasteiger partial charge in [0.15, 0.2) is 0 Å². The number of hydrogen-bond acceptors (Lipinski definition) is 6. The second kappa shape index (κ2) is 7.92. The molecule has 0 unspecified atom stereocenters. The van der Waals surface area contributed by atoms with E-state index in [1.54, 1.807) is 12.1 Å². The summed E-state index contributed by atoms with van der Waals surface area (Å²) in [5.41, 5.74) is 10.7. The summed E-state index contributed by atoms with van der Waals surface area (Å²) >= 11 is 12.1. The number of ether oxygens (including phenoxy) is 1. The highest BCUT2D eigenvalue weighted by atomic mass is 35.5. The second-order valence-corrected chi connectivity index (χ2v) is 6.90. The number of anilines is 1. The van der Waals surface area contributed by atoms with Gasteiger partial charge in [0.1, 0.15) is 12.4 Å². The summed E-state index contributed by atoms with van der Waals surface area (Å²) < 4.78 is 6.09. The highest BCUT2D eigenvalue weighted by Gasteiger charge is 2.11. The van der Waals surface area contributed by atoms with Crippen molar-refractivity contribution < 1.29 is 4.74 Å². The number of nitrogen functional groups attached to an aromatic ring is 1. The van der Waals surface area contributed by atoms with Gasteiger partial charge in [0.25, 0.3) is 5.95 Å². The molecule has 0 atom stereocenters. The smallest absolute Gasteiger partial charge is 0.260 e. The van der Waals surface area contributed by atoms with Gasteiger partial charge in [-0.1, -0.05) is 64.7 Å². The van der Waals surface area contributed by atoms with Gasteiger partial charge in [0, 0.05) is 5.56 Å². The van der Waals surface area contributed by atoms with E-state index in [0.717, 1.165) is 27.6 Å². The summed E-state index contributed by atoms with van der Waals surface area (Å²) in [6.07, 6.45) is 0. The molecule has 4 aromatic rings. The van der Waals surface area contributed by atoms with Gasteiger partial charge in [0.05, 0.1) is 16.6 Å². The fraction of sp³-hybridized carbons (Fsp3) is 0.105. The molecule has 0 aliphatic rings. The number of aromatic nitrogens is 4. The first kappa shape index (κ1) is 18.3. The molecule has 0 aliphatic heterocycles. The van der Waals surface area contributed by atoms with Crippen LogP contribution in [0.5, 0.6) is 5.75 Å². The average molecular weight is 415 g/mol. The van der Waals surface area contributed by atoms with Crippen molar-refractivity contribution in [3.8, 4) is 5.75 Å². The van der Waals surface area contributed by atoms with Crippen LogP contribution in [0, 0.1) is 0 Å². The highest BCUT2D eigenvalue weighted by molar-refractivity contribution is 6.42. The van der Waals surface area contributed by atoms with E-state index in [1.165, 1.54) is 4.79 Å². The number of nitrogens with two attached hydrogens (primary N) is 1. The standard InChI is InChI=1S/C19H16Cl2N6O/c20-16-7-5-12(9-17(16)21)11-28-18-8-6-13-3-1-2-4-14(13)15(18)10-23-27-19(22)24-25-26-27/h1-9,23H,10-11H2,(H2,22,24,26). The normalized spacial score (nSPS) is 10.9. The molecule has 4 rings (SSSR count). The van der Waals surface area contributed by atoms with Gasteiger partial charge in [-0.05, 0) is 45.0 Å². The van der Waals surface area contributed by atoms with E-state index in [9.17, 15) is 0 Å². The van der Waals surface area contributed by atoms with Crippen molar-refractivity contribution >= 4 is 39.9 Å². The Balaban J connectivity index is 1.62. The Morgan fingerprint density at radius 1 is 1.04 bits per heavy atom. The van der Waals surface area contributed by atoms with Gasteiger partial charge in [0.2, 0.25) is 0 Å². The molecular formula is C19H16Cl2N6O. The van der Waals surface area contributed by atoms with Crippen LogP contribution in [-0.4, -0.2) is 20.3 Å². The predicted molar refractivity (Wildman–Crippen MR) is 110 cm³/mol. The summed E-state index contributed by atoms with van der Waals surface area (Å²) in [4.78, 5) is 1.32. The van der Waals surface area contributed by atoms with Crippen molar-refractivity contribution in [2.75, 3.05) is 11.2 Å². The second-order valence-electron chi connectivity index (χ2n) is 6.08. The molecule has 9 heteroatoms. The number of rotatable bonds is 6. The molecule has 0 aliphatic carbocycles. The van der Waals surface area contributed by atoms with Crippen molar-refractivity contribution in [1.82, 2.24) is 20.3 Å². The molecule has 0 saturated heterocycles. The molecular weight excluding hydrogens is 399 g/mol. The van der Waals surface area contributed by atoms with Crippen LogP contribution in [0.1, 0.15) is 11.1 Å². The lowest BCUT2D eigenvalue weighted by molar-refractivity contribution is 0.303. The number of hydrogen-bond donors (Lipinski definition) is 2. The molecule has 0 amide bonds. The van der Waals surface area contributed by atoms with E-state index in [0.29, 0.717) is 23.2 Å². The summed E-state index contributed by atoms with van der Waals surface area (Å²) in [7, 11) is 0. The zero-order valence-corrected chi connectivity index (χ0v) is 16.2. The van der Waals surface area contributed by atoms with Crippen molar-refractivity contribution in [3.63, 3.8) is 0 Å². The molecule has 0 saturated carbocycles. The first-order valence-corrected chi connectivity index (χ1v) is 9.22. The molecule has 1 aromatic heterocycles. The lowest BCUT2D eigenvalue weighted by Crippen LogP contribution is -2.19. The maximum atomic E-state index is 6.10. The van der Waals surface area contributed by atoms with Crippen molar-refractivity contribution in [2.45, 2.75) is 13.2 Å². The van der Waals surface area contributed by atoms with Crippen LogP contribution in [-0.2, 0) is 13.2 Å². The largest absolute Gasteiger partial charge is 0.489 e. The summed E-state index contributed by atoms with van der Waals surface area (Å²) in [6, 6.07) is 17.5. The third-order valence-electron chi connectivity index (χ3n) is 4.28. The highest BCUT2D eigenvalue weighted by Crippen LogP contribution is 2.30. The van der Waals surface area contributed by atoms with Gasteiger partial charge in [-0.3, -0.25) is 0 Å². The Kier molecular flexibility index (Phi) is 5.18. The number of nitrogens with zero attached hydrogens (tertiary/aromatic N) is 4. The molecule has 3 N–H and O–H groups in total. The fourth-order valence-electron chi connectivity index (χ4n) is 2.88. The zero-order valence-electron chi connectivity index (χ0n) is 14.6. The maximum absolute atomic E-state index is 6.10. The minimum Gasteiger partial charge on any atom is -0.489 e. The molecule has 1 heterocycles. The lowest BCUT2D eigenvalue weighted by Gasteiger charge is -2.15. The third-order valence-corrected chi connectivity index (χ3v) is 5.01. The number of tetrazole rings is 1. The molecule has 142 valence electrons. The van der Waals surface area contributed by atoms with Crippen molar-refractivity contribution in [2.24, 2.45) is 0 Å². The van der Waals surface area contributed by atoms with Crippen LogP contribution >= 0.6 is 23.2 Å². The van der Waals surface area contributed by atoms with Crippen LogP contribution in [0.2, 0.25) is 10.0 Å². The minimum atomic E-state index is 0.179. The number of halogens is 2. The maximum Gasteiger partial charge on any atom is 0.260 e. The SMILES string of the molecule is Nc1nnnn1NCc1c(OCc2ccc(Cl)c(Cl)c2)ccc2ccccc12. The summed E-state index contributed by atoms with van der Waals surface area (Å²) in [5.74, 6) is 0.919. The van der Waals surface area contributed by atoms with Crippen LogP contribution in [0.3, 0.4) is 0 Å². The minimum absolute atomic E-state index is 0.179. The molecule has 0 bridgehead atoms. The molecule has 7 nitrogen and oxygen atoms in total. The monoisotopic (exact) mass is 414 g/mol. The van der Waals surface area contributed by atoms with E-state index in [2.05, 4.69) is 21.0 Å². The Hall–Kier alpha value is -3.03. The van der Waals surface area contributed by atoms with Crippen LogP contribution in [0.25, 0.3) is 10.8 Å². The number of nitrogens with one attached hydrogen (secondary N) is 1. The summed E-state index contributed by atoms with van der Waals surface area (Å²) in [6.45, 7) is 0.780. The molecule has 0 radical (unpaired) electrons. The molecule has 0 spiro atoms. The Morgan fingerprint density at radius 3 is 2.68 bits per heavy atom. The topological polar surface area (TPSA) is 90.9 Å². The first-order valence-electron chi connectivity index (χ1n) is 8.47. The average Bonchev–Trinajstić information content (AvgIpc) is 3.12. The molecule has 28 heavy (non-hydrogen) atoms. The van der Waals surface area contributed by atoms with Gasteiger partial charge in [-0.25, -0.2) is 0 Å². The van der Waals surface area contributed by atoms with E-state index in [4.69, 9.17) is 33.7 Å². The fourth-order valence-corrected chi connectivity index (χ4v) is 3.21. The zero-order chi connectivity index (χ0) is 19.5. The number of fused-ring (bicyclic) bond motifs is 1. The van der Waals surface area contributed by atoms with Gasteiger partial charge >= 0.3 is 0 Å². The summed E-state index contributed by atoms with van der Waals surface area (Å²) in [5, 5.41) is 14.2. The Morgan fingerprint density at radius 2 is 1.89 bits per heavy atom. The quantitative estimate of drug-likeness (QED) is 0.494. The number of benzene rings is 3. The molecule has 3 aromatic carbocycles. The Bertz CT molecular complexity index is 1130. The van der Waals surface area contributed by atoms with E-state index in [-0.39, 0.29) is 5.95 Å². The van der Waals surface area contributed by atoms with Gasteiger partial charge in [-0.2, -0.15) is 0 Å². The van der Waals surface area contributed by atoms with Crippen molar-refractivity contribution in [1.29, 1.82) is 0 Å². The third kappa shape index (κ3) is 3.81. The van der Waals surface area contributed by atoms with Crippen LogP contribution < -0.4 is 15.9 Å². The van der Waals surface area contributed by atoms with E-state index in [1.807, 2.05) is 42.5 Å². The predicted octanol–water partition coefficient (Wildman–Crippen LogP) is 4.04. The molecule has 0 fully saturated rings. The lowest BCUT2D eigenvalue weighted by atomic mass is 10.0.